The van der Waals surface area contributed by atoms with Crippen molar-refractivity contribution in [3.8, 4) is 23.0 Å². The number of hydrogen-bond donors (Lipinski definition) is 2. The van der Waals surface area contributed by atoms with E-state index >= 15 is 8.78 Å². The molecule has 18 heteroatoms. The van der Waals surface area contributed by atoms with Gasteiger partial charge in [-0.05, 0) is 129 Å². The molecule has 8 aliphatic rings. The number of nitrogens with zero attached hydrogens (tertiary/aromatic N) is 9. The molecule has 2 N–H and O–H groups in total. The van der Waals surface area contributed by atoms with Crippen molar-refractivity contribution in [3.05, 3.63) is 77.0 Å². The monoisotopic (exact) mass is 1020 g/mol. The molecule has 0 radical (unpaired) electrons. The number of piperidine rings is 3. The summed E-state index contributed by atoms with van der Waals surface area (Å²) in [6.45, 7) is 15.0. The summed E-state index contributed by atoms with van der Waals surface area (Å²) in [4.78, 5) is 65.9. The molecule has 75 heavy (non-hydrogen) atoms. The van der Waals surface area contributed by atoms with Gasteiger partial charge in [0.25, 0.3) is 5.91 Å². The number of anilines is 2. The molecule has 9 heterocycles. The van der Waals surface area contributed by atoms with Crippen LogP contribution in [0.15, 0.2) is 48.7 Å². The van der Waals surface area contributed by atoms with Gasteiger partial charge >= 0.3 is 6.01 Å². The Bertz CT molecular complexity index is 3090. The third-order valence-corrected chi connectivity index (χ3v) is 18.1. The van der Waals surface area contributed by atoms with Crippen molar-refractivity contribution >= 4 is 50.9 Å². The molecule has 1 spiro atoms. The Morgan fingerprint density at radius 2 is 1.69 bits per heavy atom. The number of halogens is 2. The van der Waals surface area contributed by atoms with Crippen LogP contribution in [0.3, 0.4) is 0 Å². The quantitative estimate of drug-likeness (QED) is 0.127. The Hall–Kier alpha value is -6.08. The van der Waals surface area contributed by atoms with Gasteiger partial charge in [-0.3, -0.25) is 34.5 Å². The van der Waals surface area contributed by atoms with E-state index in [-0.39, 0.29) is 58.1 Å². The first-order chi connectivity index (χ1) is 36.4. The van der Waals surface area contributed by atoms with E-state index < -0.39 is 17.7 Å². The number of aromatic nitrogens is 3. The number of benzene rings is 3. The summed E-state index contributed by atoms with van der Waals surface area (Å²) in [6, 6.07) is 12.2. The number of nitrogens with one attached hydrogen (secondary N) is 1. The fraction of sp³-hybridized carbons (Fsp3) is 0.544. The lowest BCUT2D eigenvalue weighted by atomic mass is 9.86. The van der Waals surface area contributed by atoms with Gasteiger partial charge < -0.3 is 34.2 Å². The van der Waals surface area contributed by atoms with Crippen molar-refractivity contribution in [1.29, 1.82) is 0 Å². The molecule has 2 aromatic heterocycles. The van der Waals surface area contributed by atoms with Crippen LogP contribution in [-0.2, 0) is 27.3 Å². The number of pyridine rings is 1. The van der Waals surface area contributed by atoms with E-state index in [2.05, 4.69) is 40.9 Å². The lowest BCUT2D eigenvalue weighted by Crippen LogP contribution is -2.63. The molecule has 6 saturated heterocycles. The molecule has 3 aromatic carbocycles. The van der Waals surface area contributed by atoms with E-state index in [1.54, 1.807) is 23.2 Å². The van der Waals surface area contributed by atoms with Gasteiger partial charge in [-0.2, -0.15) is 9.97 Å². The van der Waals surface area contributed by atoms with E-state index in [1.165, 1.54) is 25.0 Å². The van der Waals surface area contributed by atoms with E-state index in [9.17, 15) is 19.5 Å². The fourth-order valence-corrected chi connectivity index (χ4v) is 13.5. The molecule has 1 unspecified atom stereocenters. The smallest absolute Gasteiger partial charge is 0.319 e. The standard InChI is InChI=1S/C57H66F2N10O6/c1-2-41-45(58)7-4-36-25-40(70)26-43(48(36)41)50-49(59)51-44(27-60-50)52(68-16-3-12-57(33-68)15-23-75-57)63-55(62-51)74-34-56(13-14-56)32-64-17-10-35(11-18-64)28-65-30-39(31-65)67-21-19-66(20-22-67)38-5-6-42-37(24-38)29-69(54(42)73)46-8-9-47(71)61-53(46)72/h4-7,24-27,35,39,46,70H,2-3,8-23,28-34H2,1H3,(H,61,71,72)/t46-,57?/m0/s1. The molecule has 7 aliphatic heterocycles. The second-order valence-corrected chi connectivity index (χ2v) is 22.9. The minimum absolute atomic E-state index is 0.0135. The summed E-state index contributed by atoms with van der Waals surface area (Å²) in [6.07, 6.45) is 9.88. The minimum Gasteiger partial charge on any atom is -0.508 e. The number of piperazine rings is 1. The van der Waals surface area contributed by atoms with E-state index in [0.717, 1.165) is 122 Å². The number of imide groups is 1. The molecule has 1 aliphatic carbocycles. The molecule has 3 amide bonds. The predicted molar refractivity (Wildman–Crippen MR) is 279 cm³/mol. The number of rotatable bonds is 13. The van der Waals surface area contributed by atoms with Crippen LogP contribution < -0.4 is 19.9 Å². The Morgan fingerprint density at radius 1 is 0.880 bits per heavy atom. The first-order valence-electron chi connectivity index (χ1n) is 27.4. The van der Waals surface area contributed by atoms with Crippen LogP contribution in [0.1, 0.15) is 86.2 Å². The van der Waals surface area contributed by atoms with Crippen molar-refractivity contribution < 1.29 is 37.7 Å². The summed E-state index contributed by atoms with van der Waals surface area (Å²) in [5.74, 6) is -0.679. The van der Waals surface area contributed by atoms with Crippen LogP contribution in [0.2, 0.25) is 0 Å². The summed E-state index contributed by atoms with van der Waals surface area (Å²) >= 11 is 0. The average Bonchev–Trinajstić information content (AvgIpc) is 4.09. The molecule has 1 saturated carbocycles. The summed E-state index contributed by atoms with van der Waals surface area (Å²) < 4.78 is 45.1. The second-order valence-electron chi connectivity index (χ2n) is 22.9. The van der Waals surface area contributed by atoms with Crippen molar-refractivity contribution in [3.63, 3.8) is 0 Å². The normalized spacial score (nSPS) is 24.8. The van der Waals surface area contributed by atoms with Crippen LogP contribution >= 0.6 is 0 Å². The zero-order valence-corrected chi connectivity index (χ0v) is 42.8. The number of phenols is 1. The number of hydrogen-bond acceptors (Lipinski definition) is 14. The second kappa shape index (κ2) is 19.2. The topological polar surface area (TPSA) is 160 Å². The number of likely N-dealkylation sites (tertiary alicyclic amines) is 2. The van der Waals surface area contributed by atoms with Crippen LogP contribution in [0.5, 0.6) is 11.8 Å². The van der Waals surface area contributed by atoms with Gasteiger partial charge in [0.15, 0.2) is 5.82 Å². The zero-order chi connectivity index (χ0) is 51.2. The number of ether oxygens (including phenoxy) is 2. The van der Waals surface area contributed by atoms with Gasteiger partial charge in [-0.15, -0.1) is 0 Å². The van der Waals surface area contributed by atoms with Gasteiger partial charge in [0.2, 0.25) is 11.8 Å². The van der Waals surface area contributed by atoms with E-state index in [1.807, 2.05) is 19.1 Å². The predicted octanol–water partition coefficient (Wildman–Crippen LogP) is 6.29. The third kappa shape index (κ3) is 9.12. The third-order valence-electron chi connectivity index (χ3n) is 18.1. The Kier molecular flexibility index (Phi) is 12.4. The molecule has 7 fully saturated rings. The SMILES string of the molecule is CCc1c(F)ccc2cc(O)cc(-c3ncc4c(N5CCCC6(CCO6)C5)nc(OCC5(CN6CCC(CN7CC(N8CCN(c9ccc%10c(c9)CN([C@H]9CCC(=O)NC9=O)C%10=O)CC8)C7)CC6)CC5)nc4c3F)c12. The van der Waals surface area contributed by atoms with Crippen LogP contribution in [0, 0.1) is 23.0 Å². The highest BCUT2D eigenvalue weighted by Gasteiger charge is 2.47. The van der Waals surface area contributed by atoms with Crippen LogP contribution in [0.4, 0.5) is 20.3 Å². The molecule has 394 valence electrons. The van der Waals surface area contributed by atoms with Crippen molar-refractivity contribution in [1.82, 2.24) is 39.9 Å². The molecule has 13 rings (SSSR count). The van der Waals surface area contributed by atoms with Crippen LogP contribution in [-0.4, -0.2) is 167 Å². The largest absolute Gasteiger partial charge is 0.508 e. The molecule has 5 aromatic rings. The highest BCUT2D eigenvalue weighted by molar-refractivity contribution is 6.06. The van der Waals surface area contributed by atoms with Gasteiger partial charge in [0.1, 0.15) is 34.6 Å². The summed E-state index contributed by atoms with van der Waals surface area (Å²) in [5.41, 5.74) is 3.26. The van der Waals surface area contributed by atoms with Crippen molar-refractivity contribution in [2.45, 2.75) is 95.4 Å². The highest BCUT2D eigenvalue weighted by Crippen LogP contribution is 2.48. The van der Waals surface area contributed by atoms with Gasteiger partial charge in [-0.25, -0.2) is 8.78 Å². The van der Waals surface area contributed by atoms with Crippen molar-refractivity contribution in [2.24, 2.45) is 11.3 Å². The fourth-order valence-electron chi connectivity index (χ4n) is 13.5. The van der Waals surface area contributed by atoms with Crippen LogP contribution in [0.25, 0.3) is 32.9 Å². The highest BCUT2D eigenvalue weighted by atomic mass is 19.1. The Balaban J connectivity index is 0.614. The number of carbonyl (C=O) groups excluding carboxylic acids is 3. The molecule has 16 nitrogen and oxygen atoms in total. The number of fused-ring (bicyclic) bond motifs is 3. The zero-order valence-electron chi connectivity index (χ0n) is 42.8. The first kappa shape index (κ1) is 48.6. The van der Waals surface area contributed by atoms with E-state index in [4.69, 9.17) is 19.4 Å². The number of aryl methyl sites for hydroxylation is 1. The van der Waals surface area contributed by atoms with E-state index in [0.29, 0.717) is 83.2 Å². The lowest BCUT2D eigenvalue weighted by molar-refractivity contribution is -0.151. The number of aromatic hydroxyl groups is 1. The maximum absolute atomic E-state index is 17.3. The number of phenolic OH excluding ortho intramolecular Hbond substituents is 1. The minimum atomic E-state index is -0.668. The number of carbonyl (C=O) groups is 3. The first-order valence-corrected chi connectivity index (χ1v) is 27.4. The van der Waals surface area contributed by atoms with Gasteiger partial charge in [0.05, 0.1) is 24.2 Å². The lowest BCUT2D eigenvalue weighted by Gasteiger charge is -2.49. The molecule has 0 bridgehead atoms. The Labute approximate surface area is 435 Å². The van der Waals surface area contributed by atoms with Crippen molar-refractivity contribution in [2.75, 3.05) is 102 Å². The summed E-state index contributed by atoms with van der Waals surface area (Å²) in [5, 5.41) is 14.8. The average molecular weight is 1030 g/mol. The van der Waals surface area contributed by atoms with Gasteiger partial charge in [0, 0.05) is 119 Å². The van der Waals surface area contributed by atoms with Gasteiger partial charge in [-0.1, -0.05) is 13.0 Å². The molecular weight excluding hydrogens is 959 g/mol. The molecular formula is C57H66F2N10O6. The Morgan fingerprint density at radius 3 is 2.44 bits per heavy atom. The molecule has 2 atom stereocenters. The summed E-state index contributed by atoms with van der Waals surface area (Å²) in [7, 11) is 0. The maximum Gasteiger partial charge on any atom is 0.319 e. The maximum atomic E-state index is 17.3. The number of amides is 3.